The maximum Gasteiger partial charge on any atom is 0.407 e. The van der Waals surface area contributed by atoms with E-state index in [1.807, 2.05) is 0 Å². The van der Waals surface area contributed by atoms with Crippen molar-refractivity contribution in [1.82, 2.24) is 9.80 Å². The number of anilines is 1. The van der Waals surface area contributed by atoms with E-state index in [9.17, 15) is 9.90 Å². The fourth-order valence-corrected chi connectivity index (χ4v) is 6.23. The summed E-state index contributed by atoms with van der Waals surface area (Å²) in [7, 11) is 0. The van der Waals surface area contributed by atoms with Crippen LogP contribution in [-0.4, -0.2) is 52.7 Å². The number of nitrogens with zero attached hydrogens (tertiary/aromatic N) is 3. The molecule has 2 atom stereocenters. The standard InChI is InChI=1S/C32H39N3O2/c36-32(37)35-22-19-30(34-21-9-16-28-15-7-8-18-31(28)34)23-29(35)17-10-20-33(24-26-11-3-1-4-12-26)25-27-13-5-2-6-14-27/h1-8,11-15,18,29-30H,9-10,16-17,19-25H2,(H,36,37)/t29-,30?/m0/s1. The van der Waals surface area contributed by atoms with Gasteiger partial charge in [-0.2, -0.15) is 0 Å². The maximum atomic E-state index is 12.1. The fourth-order valence-electron chi connectivity index (χ4n) is 6.23. The van der Waals surface area contributed by atoms with Gasteiger partial charge >= 0.3 is 6.09 Å². The summed E-state index contributed by atoms with van der Waals surface area (Å²) in [6.45, 7) is 4.45. The van der Waals surface area contributed by atoms with Gasteiger partial charge in [0.2, 0.25) is 0 Å². The molecular formula is C32H39N3O2. The third-order valence-corrected chi connectivity index (χ3v) is 8.03. The minimum Gasteiger partial charge on any atom is -0.465 e. The quantitative estimate of drug-likeness (QED) is 0.370. The van der Waals surface area contributed by atoms with E-state index in [2.05, 4.69) is 94.7 Å². The molecule has 3 aromatic carbocycles. The summed E-state index contributed by atoms with van der Waals surface area (Å²) in [5, 5.41) is 9.96. The van der Waals surface area contributed by atoms with Crippen LogP contribution in [-0.2, 0) is 19.5 Å². The Labute approximate surface area is 221 Å². The molecule has 0 aromatic heterocycles. The summed E-state index contributed by atoms with van der Waals surface area (Å²) in [6.07, 6.45) is 5.25. The number of fused-ring (bicyclic) bond motifs is 1. The Morgan fingerprint density at radius 2 is 1.51 bits per heavy atom. The predicted octanol–water partition coefficient (Wildman–Crippen LogP) is 6.43. The van der Waals surface area contributed by atoms with Crippen molar-refractivity contribution in [2.45, 2.75) is 63.7 Å². The van der Waals surface area contributed by atoms with Crippen LogP contribution in [0.15, 0.2) is 84.9 Å². The van der Waals surface area contributed by atoms with Crippen LogP contribution in [0, 0.1) is 0 Å². The van der Waals surface area contributed by atoms with Gasteiger partial charge in [-0.05, 0) is 67.8 Å². The number of carbonyl (C=O) groups is 1. The van der Waals surface area contributed by atoms with E-state index in [0.717, 1.165) is 58.3 Å². The third kappa shape index (κ3) is 6.53. The number of rotatable bonds is 9. The number of carboxylic acid groups (broad SMARTS) is 1. The van der Waals surface area contributed by atoms with Crippen LogP contribution in [0.1, 0.15) is 48.8 Å². The van der Waals surface area contributed by atoms with Gasteiger partial charge in [-0.25, -0.2) is 4.79 Å². The number of aryl methyl sites for hydroxylation is 1. The zero-order valence-corrected chi connectivity index (χ0v) is 21.7. The summed E-state index contributed by atoms with van der Waals surface area (Å²) in [6, 6.07) is 30.5. The second-order valence-corrected chi connectivity index (χ2v) is 10.6. The Morgan fingerprint density at radius 3 is 2.19 bits per heavy atom. The van der Waals surface area contributed by atoms with Gasteiger partial charge in [0.1, 0.15) is 0 Å². The summed E-state index contributed by atoms with van der Waals surface area (Å²) in [4.78, 5) is 18.9. The normalized spacial score (nSPS) is 19.6. The first-order valence-corrected chi connectivity index (χ1v) is 13.8. The molecular weight excluding hydrogens is 458 g/mol. The van der Waals surface area contributed by atoms with Crippen LogP contribution in [0.2, 0.25) is 0 Å². The molecule has 0 bridgehead atoms. The maximum absolute atomic E-state index is 12.1. The van der Waals surface area contributed by atoms with Crippen LogP contribution in [0.3, 0.4) is 0 Å². The lowest BCUT2D eigenvalue weighted by Gasteiger charge is -2.45. The fraction of sp³-hybridized carbons (Fsp3) is 0.406. The Balaban J connectivity index is 1.24. The summed E-state index contributed by atoms with van der Waals surface area (Å²) < 4.78 is 0. The van der Waals surface area contributed by atoms with Gasteiger partial charge in [0.15, 0.2) is 0 Å². The van der Waals surface area contributed by atoms with E-state index in [1.165, 1.54) is 28.8 Å². The Morgan fingerprint density at radius 1 is 0.865 bits per heavy atom. The average molecular weight is 498 g/mol. The molecule has 1 amide bonds. The first-order valence-electron chi connectivity index (χ1n) is 13.8. The lowest BCUT2D eigenvalue weighted by Crippen LogP contribution is -2.52. The molecule has 3 aromatic rings. The Bertz CT molecular complexity index is 1100. The molecule has 1 N–H and O–H groups in total. The zero-order valence-electron chi connectivity index (χ0n) is 21.7. The van der Waals surface area contributed by atoms with E-state index in [-0.39, 0.29) is 6.04 Å². The molecule has 5 nitrogen and oxygen atoms in total. The van der Waals surface area contributed by atoms with Crippen molar-refractivity contribution in [2.75, 3.05) is 24.5 Å². The molecule has 2 aliphatic heterocycles. The van der Waals surface area contributed by atoms with Crippen molar-refractivity contribution in [3.8, 4) is 0 Å². The lowest BCUT2D eigenvalue weighted by atomic mass is 9.90. The molecule has 5 heteroatoms. The molecule has 5 rings (SSSR count). The molecule has 194 valence electrons. The molecule has 0 radical (unpaired) electrons. The van der Waals surface area contributed by atoms with Gasteiger partial charge < -0.3 is 14.9 Å². The molecule has 37 heavy (non-hydrogen) atoms. The third-order valence-electron chi connectivity index (χ3n) is 8.03. The number of piperidine rings is 1. The highest BCUT2D eigenvalue weighted by molar-refractivity contribution is 5.66. The Hall–Kier alpha value is -3.31. The lowest BCUT2D eigenvalue weighted by molar-refractivity contribution is 0.0937. The summed E-state index contributed by atoms with van der Waals surface area (Å²) >= 11 is 0. The minimum absolute atomic E-state index is 0.0700. The highest BCUT2D eigenvalue weighted by Gasteiger charge is 2.35. The number of hydrogen-bond acceptors (Lipinski definition) is 3. The van der Waals surface area contributed by atoms with Crippen molar-refractivity contribution in [2.24, 2.45) is 0 Å². The number of para-hydroxylation sites is 1. The molecule has 1 fully saturated rings. The van der Waals surface area contributed by atoms with Gasteiger partial charge in [-0.3, -0.25) is 4.90 Å². The first kappa shape index (κ1) is 25.3. The molecule has 0 saturated carbocycles. The van der Waals surface area contributed by atoms with Crippen LogP contribution in [0.5, 0.6) is 0 Å². The first-order chi connectivity index (χ1) is 18.2. The number of amides is 1. The highest BCUT2D eigenvalue weighted by Crippen LogP contribution is 2.34. The number of benzene rings is 3. The Kier molecular flexibility index (Phi) is 8.42. The second-order valence-electron chi connectivity index (χ2n) is 10.6. The second kappa shape index (κ2) is 12.3. The van der Waals surface area contributed by atoms with Crippen LogP contribution < -0.4 is 4.90 Å². The molecule has 0 aliphatic carbocycles. The highest BCUT2D eigenvalue weighted by atomic mass is 16.4. The molecule has 0 spiro atoms. The molecule has 1 unspecified atom stereocenters. The molecule has 2 aliphatic rings. The van der Waals surface area contributed by atoms with Gasteiger partial charge in [-0.15, -0.1) is 0 Å². The van der Waals surface area contributed by atoms with Crippen molar-refractivity contribution < 1.29 is 9.90 Å². The van der Waals surface area contributed by atoms with Gasteiger partial charge in [0.05, 0.1) is 0 Å². The smallest absolute Gasteiger partial charge is 0.407 e. The summed E-state index contributed by atoms with van der Waals surface area (Å²) in [5.41, 5.74) is 5.42. The van der Waals surface area contributed by atoms with Gasteiger partial charge in [-0.1, -0.05) is 78.9 Å². The van der Waals surface area contributed by atoms with E-state index in [4.69, 9.17) is 0 Å². The monoisotopic (exact) mass is 497 g/mol. The zero-order chi connectivity index (χ0) is 25.5. The number of hydrogen-bond donors (Lipinski definition) is 1. The van der Waals surface area contributed by atoms with Crippen molar-refractivity contribution >= 4 is 11.8 Å². The van der Waals surface area contributed by atoms with Crippen molar-refractivity contribution in [1.29, 1.82) is 0 Å². The SMILES string of the molecule is O=C(O)N1CCC(N2CCCc3ccccc32)C[C@@H]1CCCN(Cc1ccccc1)Cc1ccccc1. The predicted molar refractivity (Wildman–Crippen MR) is 150 cm³/mol. The molecule has 1 saturated heterocycles. The minimum atomic E-state index is -0.770. The van der Waals surface area contributed by atoms with Crippen LogP contribution >= 0.6 is 0 Å². The van der Waals surface area contributed by atoms with Crippen LogP contribution in [0.25, 0.3) is 0 Å². The van der Waals surface area contributed by atoms with Crippen molar-refractivity contribution in [3.63, 3.8) is 0 Å². The molecule has 2 heterocycles. The van der Waals surface area contributed by atoms with Crippen LogP contribution in [0.4, 0.5) is 10.5 Å². The van der Waals surface area contributed by atoms with Gasteiger partial charge in [0, 0.05) is 44.0 Å². The van der Waals surface area contributed by atoms with E-state index in [0.29, 0.717) is 12.6 Å². The topological polar surface area (TPSA) is 47.0 Å². The van der Waals surface area contributed by atoms with Gasteiger partial charge in [0.25, 0.3) is 0 Å². The van der Waals surface area contributed by atoms with Crippen molar-refractivity contribution in [3.05, 3.63) is 102 Å². The summed E-state index contributed by atoms with van der Waals surface area (Å²) in [5.74, 6) is 0. The van der Waals surface area contributed by atoms with E-state index < -0.39 is 6.09 Å². The number of likely N-dealkylation sites (tertiary alicyclic amines) is 1. The average Bonchev–Trinajstić information content (AvgIpc) is 2.93. The largest absolute Gasteiger partial charge is 0.465 e. The van der Waals surface area contributed by atoms with E-state index in [1.54, 1.807) is 4.90 Å². The van der Waals surface area contributed by atoms with E-state index >= 15 is 0 Å².